The second kappa shape index (κ2) is 8.94. The number of hydrogen-bond donors (Lipinski definition) is 1. The van der Waals surface area contributed by atoms with Crippen LogP contribution in [-0.4, -0.2) is 38.7 Å². The van der Waals surface area contributed by atoms with E-state index in [0.29, 0.717) is 6.04 Å². The zero-order valence-corrected chi connectivity index (χ0v) is 12.8. The van der Waals surface area contributed by atoms with Gasteiger partial charge in [0.1, 0.15) is 5.75 Å². The van der Waals surface area contributed by atoms with E-state index in [1.165, 1.54) is 12.0 Å². The molecule has 0 aliphatic carbocycles. The molecule has 0 heterocycles. The van der Waals surface area contributed by atoms with E-state index in [1.807, 2.05) is 7.05 Å². The number of rotatable bonds is 9. The number of likely N-dealkylation sites (N-methyl/N-ethyl adjacent to an activating group) is 2. The van der Waals surface area contributed by atoms with Gasteiger partial charge in [0.15, 0.2) is 0 Å². The van der Waals surface area contributed by atoms with Crippen LogP contribution in [0.3, 0.4) is 0 Å². The normalized spacial score (nSPS) is 12.7. The minimum absolute atomic E-state index is 0.372. The first-order valence-electron chi connectivity index (χ1n) is 7.29. The number of nitrogens with one attached hydrogen (secondary N) is 1. The Morgan fingerprint density at radius 1 is 1.16 bits per heavy atom. The quantitative estimate of drug-likeness (QED) is 0.742. The molecule has 1 rings (SSSR count). The van der Waals surface area contributed by atoms with Gasteiger partial charge >= 0.3 is 0 Å². The smallest absolute Gasteiger partial charge is 0.119 e. The van der Waals surface area contributed by atoms with Gasteiger partial charge in [-0.25, -0.2) is 0 Å². The maximum Gasteiger partial charge on any atom is 0.119 e. The Kier molecular flexibility index (Phi) is 7.53. The molecule has 1 atom stereocenters. The molecule has 0 aromatic heterocycles. The number of benzene rings is 1. The molecule has 0 saturated carbocycles. The summed E-state index contributed by atoms with van der Waals surface area (Å²) in [5.41, 5.74) is 1.31. The molecule has 0 saturated heterocycles. The van der Waals surface area contributed by atoms with Crippen LogP contribution < -0.4 is 10.1 Å². The molecule has 3 heteroatoms. The third-order valence-electron chi connectivity index (χ3n) is 3.20. The SMILES string of the molecule is CCCOc1ccc(C(CN(C)CCC)NC)cc1. The lowest BCUT2D eigenvalue weighted by atomic mass is 10.1. The van der Waals surface area contributed by atoms with Crippen LogP contribution in [-0.2, 0) is 0 Å². The Balaban J connectivity index is 2.60. The average molecular weight is 264 g/mol. The van der Waals surface area contributed by atoms with Crippen molar-refractivity contribution in [2.24, 2.45) is 0 Å². The van der Waals surface area contributed by atoms with Crippen molar-refractivity contribution in [3.05, 3.63) is 29.8 Å². The van der Waals surface area contributed by atoms with Crippen molar-refractivity contribution in [3.63, 3.8) is 0 Å². The fourth-order valence-corrected chi connectivity index (χ4v) is 2.16. The highest BCUT2D eigenvalue weighted by atomic mass is 16.5. The summed E-state index contributed by atoms with van der Waals surface area (Å²) in [7, 11) is 4.19. The Hall–Kier alpha value is -1.06. The van der Waals surface area contributed by atoms with Crippen molar-refractivity contribution in [1.29, 1.82) is 0 Å². The van der Waals surface area contributed by atoms with Gasteiger partial charge in [0.05, 0.1) is 6.61 Å². The second-order valence-electron chi connectivity index (χ2n) is 5.02. The van der Waals surface area contributed by atoms with Crippen molar-refractivity contribution in [2.75, 3.05) is 33.8 Å². The molecule has 108 valence electrons. The van der Waals surface area contributed by atoms with E-state index in [0.717, 1.165) is 31.9 Å². The molecule has 1 unspecified atom stereocenters. The van der Waals surface area contributed by atoms with Crippen molar-refractivity contribution in [3.8, 4) is 5.75 Å². The summed E-state index contributed by atoms with van der Waals surface area (Å²) in [6.45, 7) is 7.28. The van der Waals surface area contributed by atoms with Gasteiger partial charge in [-0.05, 0) is 51.2 Å². The summed E-state index contributed by atoms with van der Waals surface area (Å²) < 4.78 is 5.61. The molecule has 0 bridgehead atoms. The van der Waals surface area contributed by atoms with Gasteiger partial charge < -0.3 is 15.0 Å². The van der Waals surface area contributed by atoms with Gasteiger partial charge in [-0.2, -0.15) is 0 Å². The Bertz CT molecular complexity index is 337. The molecule has 0 aliphatic heterocycles. The van der Waals surface area contributed by atoms with Gasteiger partial charge in [-0.15, -0.1) is 0 Å². The molecule has 1 N–H and O–H groups in total. The lowest BCUT2D eigenvalue weighted by Crippen LogP contribution is -2.31. The van der Waals surface area contributed by atoms with Crippen molar-refractivity contribution < 1.29 is 4.74 Å². The molecule has 1 aromatic carbocycles. The van der Waals surface area contributed by atoms with Crippen molar-refractivity contribution in [1.82, 2.24) is 10.2 Å². The maximum atomic E-state index is 5.61. The Labute approximate surface area is 118 Å². The maximum absolute atomic E-state index is 5.61. The highest BCUT2D eigenvalue weighted by Gasteiger charge is 2.11. The number of ether oxygens (including phenoxy) is 1. The molecule has 0 amide bonds. The molecular formula is C16H28N2O. The van der Waals surface area contributed by atoms with Crippen LogP contribution in [0.5, 0.6) is 5.75 Å². The van der Waals surface area contributed by atoms with Crippen LogP contribution in [0.1, 0.15) is 38.3 Å². The van der Waals surface area contributed by atoms with E-state index in [4.69, 9.17) is 4.74 Å². The average Bonchev–Trinajstić information content (AvgIpc) is 2.43. The minimum Gasteiger partial charge on any atom is -0.494 e. The predicted molar refractivity (Wildman–Crippen MR) is 81.8 cm³/mol. The fourth-order valence-electron chi connectivity index (χ4n) is 2.16. The van der Waals surface area contributed by atoms with Gasteiger partial charge in [-0.1, -0.05) is 26.0 Å². The topological polar surface area (TPSA) is 24.5 Å². The molecule has 19 heavy (non-hydrogen) atoms. The van der Waals surface area contributed by atoms with Crippen LogP contribution in [0.4, 0.5) is 0 Å². The van der Waals surface area contributed by atoms with Gasteiger partial charge in [0.25, 0.3) is 0 Å². The first-order valence-corrected chi connectivity index (χ1v) is 7.29. The van der Waals surface area contributed by atoms with Gasteiger partial charge in [0.2, 0.25) is 0 Å². The first kappa shape index (κ1) is 16.0. The number of hydrogen-bond acceptors (Lipinski definition) is 3. The lowest BCUT2D eigenvalue weighted by molar-refractivity contribution is 0.296. The predicted octanol–water partition coefficient (Wildman–Crippen LogP) is 3.08. The summed E-state index contributed by atoms with van der Waals surface area (Å²) in [6, 6.07) is 8.82. The molecule has 0 aliphatic rings. The van der Waals surface area contributed by atoms with Crippen LogP contribution in [0, 0.1) is 0 Å². The van der Waals surface area contributed by atoms with Crippen LogP contribution >= 0.6 is 0 Å². The third kappa shape index (κ3) is 5.62. The van der Waals surface area contributed by atoms with Crippen LogP contribution in [0.25, 0.3) is 0 Å². The van der Waals surface area contributed by atoms with E-state index in [9.17, 15) is 0 Å². The monoisotopic (exact) mass is 264 g/mol. The molecule has 0 spiro atoms. The second-order valence-corrected chi connectivity index (χ2v) is 5.02. The largest absolute Gasteiger partial charge is 0.494 e. The van der Waals surface area contributed by atoms with Gasteiger partial charge in [0, 0.05) is 12.6 Å². The van der Waals surface area contributed by atoms with Crippen LogP contribution in [0.15, 0.2) is 24.3 Å². The van der Waals surface area contributed by atoms with Crippen molar-refractivity contribution >= 4 is 0 Å². The molecule has 1 aromatic rings. The summed E-state index contributed by atoms with van der Waals surface area (Å²) in [6.07, 6.45) is 2.24. The summed E-state index contributed by atoms with van der Waals surface area (Å²) >= 11 is 0. The highest BCUT2D eigenvalue weighted by molar-refractivity contribution is 5.29. The van der Waals surface area contributed by atoms with E-state index in [-0.39, 0.29) is 0 Å². The van der Waals surface area contributed by atoms with Crippen LogP contribution in [0.2, 0.25) is 0 Å². The molecule has 0 fully saturated rings. The van der Waals surface area contributed by atoms with E-state index in [1.54, 1.807) is 0 Å². The highest BCUT2D eigenvalue weighted by Crippen LogP contribution is 2.18. The van der Waals surface area contributed by atoms with E-state index < -0.39 is 0 Å². The Morgan fingerprint density at radius 2 is 1.84 bits per heavy atom. The van der Waals surface area contributed by atoms with Gasteiger partial charge in [-0.3, -0.25) is 0 Å². The lowest BCUT2D eigenvalue weighted by Gasteiger charge is -2.24. The third-order valence-corrected chi connectivity index (χ3v) is 3.20. The Morgan fingerprint density at radius 3 is 2.37 bits per heavy atom. The minimum atomic E-state index is 0.372. The summed E-state index contributed by atoms with van der Waals surface area (Å²) in [5, 5.41) is 3.39. The molecule has 3 nitrogen and oxygen atoms in total. The number of nitrogens with zero attached hydrogens (tertiary/aromatic N) is 1. The van der Waals surface area contributed by atoms with E-state index in [2.05, 4.69) is 55.4 Å². The first-order chi connectivity index (χ1) is 9.21. The molecular weight excluding hydrogens is 236 g/mol. The summed E-state index contributed by atoms with van der Waals surface area (Å²) in [5.74, 6) is 0.961. The van der Waals surface area contributed by atoms with E-state index >= 15 is 0 Å². The zero-order chi connectivity index (χ0) is 14.1. The zero-order valence-electron chi connectivity index (χ0n) is 12.8. The molecule has 0 radical (unpaired) electrons. The van der Waals surface area contributed by atoms with Crippen molar-refractivity contribution in [2.45, 2.75) is 32.7 Å². The standard InChI is InChI=1S/C16H28N2O/c1-5-11-18(4)13-16(17-3)14-7-9-15(10-8-14)19-12-6-2/h7-10,16-17H,5-6,11-13H2,1-4H3. The fraction of sp³-hybridized carbons (Fsp3) is 0.625. The summed E-state index contributed by atoms with van der Waals surface area (Å²) in [4.78, 5) is 2.36.